The summed E-state index contributed by atoms with van der Waals surface area (Å²) in [6.45, 7) is 4.05. The number of carbonyl (C=O) groups is 1. The first-order valence-electron chi connectivity index (χ1n) is 7.64. The van der Waals surface area contributed by atoms with E-state index in [1.807, 2.05) is 57.1 Å². The molecular formula is C17H19N5OS. The van der Waals surface area contributed by atoms with E-state index in [1.54, 1.807) is 6.08 Å². The van der Waals surface area contributed by atoms with Gasteiger partial charge in [0.15, 0.2) is 5.84 Å². The molecule has 1 N–H and O–H groups in total. The van der Waals surface area contributed by atoms with Crippen LogP contribution in [-0.4, -0.2) is 41.1 Å². The first-order chi connectivity index (χ1) is 11.4. The molecule has 0 aliphatic carbocycles. The van der Waals surface area contributed by atoms with E-state index in [2.05, 4.69) is 10.1 Å². The summed E-state index contributed by atoms with van der Waals surface area (Å²) < 4.78 is 0. The van der Waals surface area contributed by atoms with Crippen molar-refractivity contribution in [2.45, 2.75) is 13.8 Å². The molecule has 0 bridgehead atoms. The minimum absolute atomic E-state index is 0.0739. The third-order valence-corrected chi connectivity index (χ3v) is 4.89. The van der Waals surface area contributed by atoms with Crippen molar-refractivity contribution in [2.75, 3.05) is 19.0 Å². The zero-order chi connectivity index (χ0) is 17.4. The Balaban J connectivity index is 1.92. The van der Waals surface area contributed by atoms with Crippen LogP contribution in [0, 0.1) is 11.3 Å². The molecule has 0 aromatic heterocycles. The predicted molar refractivity (Wildman–Crippen MR) is 101 cm³/mol. The van der Waals surface area contributed by atoms with Crippen LogP contribution < -0.4 is 4.90 Å². The lowest BCUT2D eigenvalue weighted by Gasteiger charge is -2.20. The maximum atomic E-state index is 12.3. The van der Waals surface area contributed by atoms with Crippen molar-refractivity contribution < 1.29 is 4.79 Å². The van der Waals surface area contributed by atoms with E-state index in [9.17, 15) is 4.79 Å². The fourth-order valence-corrected chi connectivity index (χ4v) is 3.17. The number of carbonyl (C=O) groups excluding carboxylic acids is 1. The van der Waals surface area contributed by atoms with Crippen LogP contribution in [0.3, 0.4) is 0 Å². The summed E-state index contributed by atoms with van der Waals surface area (Å²) in [5.74, 6) is -0.0855. The average molecular weight is 341 g/mol. The highest BCUT2D eigenvalue weighted by atomic mass is 32.2. The van der Waals surface area contributed by atoms with Gasteiger partial charge in [0.05, 0.1) is 5.57 Å². The summed E-state index contributed by atoms with van der Waals surface area (Å²) in [7, 11) is 3.94. The van der Waals surface area contributed by atoms with Crippen LogP contribution in [-0.2, 0) is 4.79 Å². The summed E-state index contributed by atoms with van der Waals surface area (Å²) in [6, 6.07) is 7.78. The zero-order valence-electron chi connectivity index (χ0n) is 14.1. The Morgan fingerprint density at radius 2 is 1.92 bits per heavy atom. The molecule has 24 heavy (non-hydrogen) atoms. The molecule has 0 spiro atoms. The number of benzene rings is 1. The number of fused-ring (bicyclic) bond motifs is 1. The number of amidine groups is 2. The van der Waals surface area contributed by atoms with Crippen LogP contribution in [0.2, 0.25) is 0 Å². The number of amides is 1. The monoisotopic (exact) mass is 341 g/mol. The lowest BCUT2D eigenvalue weighted by molar-refractivity contribution is -0.114. The lowest BCUT2D eigenvalue weighted by atomic mass is 10.1. The molecule has 0 fully saturated rings. The molecule has 6 nitrogen and oxygen atoms in total. The Morgan fingerprint density at radius 1 is 1.25 bits per heavy atom. The van der Waals surface area contributed by atoms with E-state index < -0.39 is 5.91 Å². The van der Waals surface area contributed by atoms with Gasteiger partial charge < -0.3 is 4.90 Å². The molecule has 2 aliphatic heterocycles. The normalized spacial score (nSPS) is 18.9. The van der Waals surface area contributed by atoms with Crippen LogP contribution in [0.1, 0.15) is 19.4 Å². The molecule has 3 rings (SSSR count). The molecule has 124 valence electrons. The van der Waals surface area contributed by atoms with Gasteiger partial charge in [-0.3, -0.25) is 10.2 Å². The summed E-state index contributed by atoms with van der Waals surface area (Å²) in [6.07, 6.45) is 1.69. The van der Waals surface area contributed by atoms with Gasteiger partial charge in [0.25, 0.3) is 5.91 Å². The molecule has 0 saturated carbocycles. The smallest absolute Gasteiger partial charge is 0.283 e. The standard InChI is InChI=1S/C17H19N5OS/c1-10(2)16-20-22-14(18)13(15(23)19-17(22)24-16)9-11-5-7-12(8-6-11)21(3)4/h5-10,18H,1-4H3. The third-order valence-electron chi connectivity index (χ3n) is 3.68. The maximum Gasteiger partial charge on any atom is 0.283 e. The minimum atomic E-state index is -0.393. The van der Waals surface area contributed by atoms with Gasteiger partial charge in [-0.2, -0.15) is 15.1 Å². The van der Waals surface area contributed by atoms with Crippen molar-refractivity contribution >= 4 is 45.5 Å². The number of hydrogen-bond donors (Lipinski definition) is 1. The van der Waals surface area contributed by atoms with Crippen molar-refractivity contribution in [1.29, 1.82) is 5.41 Å². The average Bonchev–Trinajstić information content (AvgIpc) is 2.96. The third kappa shape index (κ3) is 2.99. The molecule has 0 radical (unpaired) electrons. The number of hydrazone groups is 1. The van der Waals surface area contributed by atoms with Crippen LogP contribution in [0.4, 0.5) is 5.69 Å². The number of anilines is 1. The topological polar surface area (TPSA) is 72.1 Å². The van der Waals surface area contributed by atoms with Crippen LogP contribution >= 0.6 is 11.8 Å². The quantitative estimate of drug-likeness (QED) is 0.858. The largest absolute Gasteiger partial charge is 0.378 e. The number of hydrogen-bond acceptors (Lipinski definition) is 5. The Kier molecular flexibility index (Phi) is 4.28. The van der Waals surface area contributed by atoms with Gasteiger partial charge in [0.1, 0.15) is 5.04 Å². The van der Waals surface area contributed by atoms with Crippen LogP contribution in [0.15, 0.2) is 39.9 Å². The molecule has 7 heteroatoms. The van der Waals surface area contributed by atoms with E-state index in [-0.39, 0.29) is 17.3 Å². The lowest BCUT2D eigenvalue weighted by Crippen LogP contribution is -2.35. The highest BCUT2D eigenvalue weighted by Crippen LogP contribution is 2.30. The van der Waals surface area contributed by atoms with Crippen molar-refractivity contribution in [1.82, 2.24) is 5.01 Å². The number of aliphatic imine (C=N–C) groups is 1. The van der Waals surface area contributed by atoms with Crippen LogP contribution in [0.5, 0.6) is 0 Å². The highest BCUT2D eigenvalue weighted by Gasteiger charge is 2.36. The molecule has 0 atom stereocenters. The molecule has 0 unspecified atom stereocenters. The second kappa shape index (κ2) is 6.24. The zero-order valence-corrected chi connectivity index (χ0v) is 14.9. The van der Waals surface area contributed by atoms with Gasteiger partial charge in [-0.25, -0.2) is 0 Å². The molecule has 2 aliphatic rings. The van der Waals surface area contributed by atoms with Gasteiger partial charge in [0.2, 0.25) is 5.17 Å². The predicted octanol–water partition coefficient (Wildman–Crippen LogP) is 3.03. The van der Waals surface area contributed by atoms with Crippen molar-refractivity contribution in [3.05, 3.63) is 35.4 Å². The van der Waals surface area contributed by atoms with E-state index in [0.717, 1.165) is 16.3 Å². The SMILES string of the molecule is CC(C)C1=NN2C(=N)C(=Cc3ccc(N(C)C)cc3)C(=O)N=C2S1. The second-order valence-electron chi connectivity index (χ2n) is 6.10. The maximum absolute atomic E-state index is 12.3. The van der Waals surface area contributed by atoms with Gasteiger partial charge >= 0.3 is 0 Å². The van der Waals surface area contributed by atoms with Gasteiger partial charge in [-0.05, 0) is 35.5 Å². The van der Waals surface area contributed by atoms with Crippen molar-refractivity contribution in [3.63, 3.8) is 0 Å². The van der Waals surface area contributed by atoms with E-state index >= 15 is 0 Å². The summed E-state index contributed by atoms with van der Waals surface area (Å²) in [5.41, 5.74) is 2.18. The Hall–Kier alpha value is -2.41. The first kappa shape index (κ1) is 16.4. The Bertz CT molecular complexity index is 790. The summed E-state index contributed by atoms with van der Waals surface area (Å²) in [4.78, 5) is 18.4. The van der Waals surface area contributed by atoms with E-state index in [0.29, 0.717) is 5.17 Å². The minimum Gasteiger partial charge on any atom is -0.378 e. The van der Waals surface area contributed by atoms with Gasteiger partial charge in [-0.1, -0.05) is 26.0 Å². The van der Waals surface area contributed by atoms with E-state index in [4.69, 9.17) is 5.41 Å². The molecule has 1 aromatic carbocycles. The molecule has 1 amide bonds. The van der Waals surface area contributed by atoms with E-state index in [1.165, 1.54) is 16.8 Å². The Morgan fingerprint density at radius 3 is 2.50 bits per heavy atom. The number of thioether (sulfide) groups is 1. The van der Waals surface area contributed by atoms with Gasteiger partial charge in [0, 0.05) is 25.7 Å². The first-order valence-corrected chi connectivity index (χ1v) is 8.46. The van der Waals surface area contributed by atoms with Gasteiger partial charge in [-0.15, -0.1) is 0 Å². The van der Waals surface area contributed by atoms with Crippen LogP contribution in [0.25, 0.3) is 6.08 Å². The van der Waals surface area contributed by atoms with Crippen molar-refractivity contribution in [3.8, 4) is 0 Å². The summed E-state index contributed by atoms with van der Waals surface area (Å²) in [5, 5.41) is 15.5. The number of nitrogens with one attached hydrogen (secondary N) is 1. The fraction of sp³-hybridized carbons (Fsp3) is 0.294. The Labute approximate surface area is 145 Å². The van der Waals surface area contributed by atoms with Crippen molar-refractivity contribution in [2.24, 2.45) is 16.0 Å². The number of rotatable bonds is 3. The molecule has 1 aromatic rings. The molecular weight excluding hydrogens is 322 g/mol. The summed E-state index contributed by atoms with van der Waals surface area (Å²) >= 11 is 1.36. The molecule has 2 heterocycles. The fourth-order valence-electron chi connectivity index (χ4n) is 2.28. The number of nitrogens with zero attached hydrogens (tertiary/aromatic N) is 4. The molecule has 0 saturated heterocycles. The highest BCUT2D eigenvalue weighted by molar-refractivity contribution is 8.27. The second-order valence-corrected chi connectivity index (χ2v) is 7.09.